The first-order valence-corrected chi connectivity index (χ1v) is 8.31. The number of aryl methyl sites for hydroxylation is 1. The molecule has 0 bridgehead atoms. The lowest BCUT2D eigenvalue weighted by atomic mass is 10.1. The van der Waals surface area contributed by atoms with E-state index in [1.165, 1.54) is 0 Å². The average Bonchev–Trinajstić information content (AvgIpc) is 3.11. The second kappa shape index (κ2) is 9.56. The number of rotatable bonds is 6. The zero-order valence-corrected chi connectivity index (χ0v) is 15.1. The molecule has 1 fully saturated rings. The normalized spacial score (nSPS) is 16.9. The predicted octanol–water partition coefficient (Wildman–Crippen LogP) is 2.14. The van der Waals surface area contributed by atoms with E-state index >= 15 is 0 Å². The minimum Gasteiger partial charge on any atom is -0.378 e. The molecule has 6 nitrogen and oxygen atoms in total. The topological polar surface area (TPSA) is 67.6 Å². The van der Waals surface area contributed by atoms with E-state index in [0.29, 0.717) is 19.8 Å². The number of morpholine rings is 1. The van der Waals surface area contributed by atoms with Crippen LogP contribution in [0.4, 0.5) is 0 Å². The highest BCUT2D eigenvalue weighted by Crippen LogP contribution is 2.19. The maximum atomic E-state index is 12.3. The highest BCUT2D eigenvalue weighted by Gasteiger charge is 2.23. The zero-order valence-electron chi connectivity index (χ0n) is 14.3. The summed E-state index contributed by atoms with van der Waals surface area (Å²) in [7, 11) is 1.83. The van der Waals surface area contributed by atoms with Crippen LogP contribution in [0.5, 0.6) is 0 Å². The van der Waals surface area contributed by atoms with Crippen LogP contribution in [0.15, 0.2) is 40.9 Å². The van der Waals surface area contributed by atoms with Crippen LogP contribution in [0.25, 0.3) is 11.3 Å². The molecule has 1 N–H and O–H groups in total. The predicted molar refractivity (Wildman–Crippen MR) is 97.8 cm³/mol. The van der Waals surface area contributed by atoms with Gasteiger partial charge in [0.1, 0.15) is 17.5 Å². The first kappa shape index (κ1) is 19.4. The Morgan fingerprint density at radius 3 is 2.88 bits per heavy atom. The van der Waals surface area contributed by atoms with E-state index in [2.05, 4.69) is 10.5 Å². The van der Waals surface area contributed by atoms with E-state index in [9.17, 15) is 4.79 Å². The fraction of sp³-hybridized carbons (Fsp3) is 0.444. The molecule has 1 amide bonds. The molecule has 136 valence electrons. The van der Waals surface area contributed by atoms with Gasteiger partial charge >= 0.3 is 0 Å². The Kier molecular flexibility index (Phi) is 7.43. The van der Waals surface area contributed by atoms with Crippen molar-refractivity contribution in [1.82, 2.24) is 15.4 Å². The quantitative estimate of drug-likeness (QED) is 0.849. The standard InChI is InChI=1S/C18H23N3O3.ClH/c1-21(18(22)17-13-23-11-9-19-17)10-5-8-15-12-16(20-24-15)14-6-3-2-4-7-14;/h2-4,6-7,12,17,19H,5,8-11,13H2,1H3;1H. The second-order valence-corrected chi connectivity index (χ2v) is 5.99. The Hall–Kier alpha value is -1.89. The molecule has 1 saturated heterocycles. The van der Waals surface area contributed by atoms with Crippen molar-refractivity contribution in [2.24, 2.45) is 0 Å². The average molecular weight is 366 g/mol. The van der Waals surface area contributed by atoms with Crippen molar-refractivity contribution in [3.8, 4) is 11.3 Å². The third kappa shape index (κ3) is 5.29. The third-order valence-electron chi connectivity index (χ3n) is 4.14. The van der Waals surface area contributed by atoms with Crippen LogP contribution >= 0.6 is 12.4 Å². The molecule has 1 aromatic carbocycles. The minimum absolute atomic E-state index is 0. The first-order chi connectivity index (χ1) is 11.7. The van der Waals surface area contributed by atoms with Crippen molar-refractivity contribution in [3.63, 3.8) is 0 Å². The number of benzene rings is 1. The number of hydrogen-bond acceptors (Lipinski definition) is 5. The third-order valence-corrected chi connectivity index (χ3v) is 4.14. The lowest BCUT2D eigenvalue weighted by Crippen LogP contribution is -2.51. The van der Waals surface area contributed by atoms with Gasteiger partial charge in [0.25, 0.3) is 0 Å². The maximum Gasteiger partial charge on any atom is 0.241 e. The van der Waals surface area contributed by atoms with Gasteiger partial charge in [0.15, 0.2) is 0 Å². The zero-order chi connectivity index (χ0) is 16.8. The van der Waals surface area contributed by atoms with E-state index < -0.39 is 0 Å². The van der Waals surface area contributed by atoms with Crippen LogP contribution in [-0.4, -0.2) is 55.4 Å². The van der Waals surface area contributed by atoms with E-state index in [-0.39, 0.29) is 24.4 Å². The highest BCUT2D eigenvalue weighted by molar-refractivity contribution is 5.85. The number of likely N-dealkylation sites (N-methyl/N-ethyl adjacent to an activating group) is 1. The molecule has 1 atom stereocenters. The van der Waals surface area contributed by atoms with Crippen LogP contribution in [0.3, 0.4) is 0 Å². The SMILES string of the molecule is CN(CCCc1cc(-c2ccccc2)no1)C(=O)C1COCCN1.Cl. The number of aromatic nitrogens is 1. The van der Waals surface area contributed by atoms with Gasteiger partial charge in [-0.25, -0.2) is 0 Å². The Labute approximate surface area is 153 Å². The van der Waals surface area contributed by atoms with E-state index in [1.807, 2.05) is 43.4 Å². The van der Waals surface area contributed by atoms with Crippen molar-refractivity contribution >= 4 is 18.3 Å². The lowest BCUT2D eigenvalue weighted by Gasteiger charge is -2.27. The van der Waals surface area contributed by atoms with Gasteiger partial charge in [-0.3, -0.25) is 4.79 Å². The van der Waals surface area contributed by atoms with Gasteiger partial charge in [-0.15, -0.1) is 12.4 Å². The second-order valence-electron chi connectivity index (χ2n) is 5.99. The van der Waals surface area contributed by atoms with Crippen LogP contribution in [0, 0.1) is 0 Å². The number of carbonyl (C=O) groups excluding carboxylic acids is 1. The van der Waals surface area contributed by atoms with Gasteiger partial charge in [-0.2, -0.15) is 0 Å². The Morgan fingerprint density at radius 1 is 1.36 bits per heavy atom. The van der Waals surface area contributed by atoms with Crippen molar-refractivity contribution in [1.29, 1.82) is 0 Å². The van der Waals surface area contributed by atoms with Gasteiger partial charge < -0.3 is 19.5 Å². The van der Waals surface area contributed by atoms with E-state index in [4.69, 9.17) is 9.26 Å². The molecule has 1 aromatic heterocycles. The molecule has 1 aliphatic heterocycles. The molecule has 7 heteroatoms. The smallest absolute Gasteiger partial charge is 0.241 e. The number of hydrogen-bond donors (Lipinski definition) is 1. The number of nitrogens with zero attached hydrogens (tertiary/aromatic N) is 2. The summed E-state index contributed by atoms with van der Waals surface area (Å²) >= 11 is 0. The van der Waals surface area contributed by atoms with E-state index in [1.54, 1.807) is 4.90 Å². The first-order valence-electron chi connectivity index (χ1n) is 8.31. The van der Waals surface area contributed by atoms with Crippen LogP contribution in [0.2, 0.25) is 0 Å². The van der Waals surface area contributed by atoms with Gasteiger partial charge in [0.2, 0.25) is 5.91 Å². The minimum atomic E-state index is -0.223. The molecule has 0 spiro atoms. The molecule has 2 heterocycles. The largest absolute Gasteiger partial charge is 0.378 e. The number of amides is 1. The fourth-order valence-corrected chi connectivity index (χ4v) is 2.77. The van der Waals surface area contributed by atoms with Crippen LogP contribution < -0.4 is 5.32 Å². The summed E-state index contributed by atoms with van der Waals surface area (Å²) in [5.41, 5.74) is 1.89. The van der Waals surface area contributed by atoms with E-state index in [0.717, 1.165) is 36.4 Å². The molecule has 0 radical (unpaired) electrons. The molecule has 3 rings (SSSR count). The molecular formula is C18H24ClN3O3. The molecule has 2 aromatic rings. The van der Waals surface area contributed by atoms with Gasteiger partial charge in [-0.1, -0.05) is 35.5 Å². The molecule has 0 aliphatic carbocycles. The van der Waals surface area contributed by atoms with Crippen LogP contribution in [0.1, 0.15) is 12.2 Å². The molecule has 25 heavy (non-hydrogen) atoms. The number of ether oxygens (including phenoxy) is 1. The number of nitrogens with one attached hydrogen (secondary N) is 1. The summed E-state index contributed by atoms with van der Waals surface area (Å²) in [6.45, 7) is 2.53. The molecular weight excluding hydrogens is 342 g/mol. The summed E-state index contributed by atoms with van der Waals surface area (Å²) in [5.74, 6) is 0.922. The van der Waals surface area contributed by atoms with Crippen molar-refractivity contribution < 1.29 is 14.1 Å². The lowest BCUT2D eigenvalue weighted by molar-refractivity contribution is -0.135. The Morgan fingerprint density at radius 2 is 2.16 bits per heavy atom. The molecule has 1 aliphatic rings. The fourth-order valence-electron chi connectivity index (χ4n) is 2.77. The monoisotopic (exact) mass is 365 g/mol. The summed E-state index contributed by atoms with van der Waals surface area (Å²) < 4.78 is 10.7. The summed E-state index contributed by atoms with van der Waals surface area (Å²) in [4.78, 5) is 14.0. The number of carbonyl (C=O) groups is 1. The van der Waals surface area contributed by atoms with Gasteiger partial charge in [0.05, 0.1) is 13.2 Å². The molecule has 1 unspecified atom stereocenters. The number of halogens is 1. The Bertz CT molecular complexity index is 657. The summed E-state index contributed by atoms with van der Waals surface area (Å²) in [5, 5.41) is 7.30. The summed E-state index contributed by atoms with van der Waals surface area (Å²) in [6, 6.07) is 11.7. The van der Waals surface area contributed by atoms with Crippen molar-refractivity contribution in [2.45, 2.75) is 18.9 Å². The van der Waals surface area contributed by atoms with Crippen molar-refractivity contribution in [2.75, 3.05) is 33.4 Å². The maximum absolute atomic E-state index is 12.3. The molecule has 0 saturated carbocycles. The van der Waals surface area contributed by atoms with Gasteiger partial charge in [-0.05, 0) is 6.42 Å². The van der Waals surface area contributed by atoms with Gasteiger partial charge in [0, 0.05) is 38.2 Å². The highest BCUT2D eigenvalue weighted by atomic mass is 35.5. The van der Waals surface area contributed by atoms with Crippen LogP contribution in [-0.2, 0) is 16.0 Å². The summed E-state index contributed by atoms with van der Waals surface area (Å²) in [6.07, 6.45) is 1.59. The van der Waals surface area contributed by atoms with Crippen molar-refractivity contribution in [3.05, 3.63) is 42.2 Å². The Balaban J connectivity index is 0.00000225.